The lowest BCUT2D eigenvalue weighted by atomic mass is 10.1. The molecule has 0 saturated carbocycles. The van der Waals surface area contributed by atoms with Gasteiger partial charge in [-0.15, -0.1) is 0 Å². The van der Waals surface area contributed by atoms with Crippen molar-refractivity contribution in [2.75, 3.05) is 13.1 Å². The van der Waals surface area contributed by atoms with E-state index in [4.69, 9.17) is 10.2 Å². The first-order valence-corrected chi connectivity index (χ1v) is 5.47. The lowest BCUT2D eigenvalue weighted by molar-refractivity contribution is 0.559. The summed E-state index contributed by atoms with van der Waals surface area (Å²) >= 11 is 0. The molecule has 0 aliphatic rings. The molecule has 4 nitrogen and oxygen atoms in total. The lowest BCUT2D eigenvalue weighted by Crippen LogP contribution is -2.13. The number of rotatable bonds is 3. The van der Waals surface area contributed by atoms with E-state index in [9.17, 15) is 4.79 Å². The predicted molar refractivity (Wildman–Crippen MR) is 68.6 cm³/mol. The van der Waals surface area contributed by atoms with E-state index in [0.29, 0.717) is 29.9 Å². The van der Waals surface area contributed by atoms with Crippen molar-refractivity contribution in [1.29, 1.82) is 0 Å². The first kappa shape index (κ1) is 11.5. The summed E-state index contributed by atoms with van der Waals surface area (Å²) in [6.45, 7) is 2.77. The van der Waals surface area contributed by atoms with Crippen LogP contribution in [0.1, 0.15) is 12.5 Å². The van der Waals surface area contributed by atoms with Gasteiger partial charge in [0.05, 0.1) is 12.1 Å². The molecule has 0 aliphatic carbocycles. The van der Waals surface area contributed by atoms with Crippen molar-refractivity contribution in [3.05, 3.63) is 46.3 Å². The third kappa shape index (κ3) is 2.42. The fourth-order valence-electron chi connectivity index (χ4n) is 1.63. The van der Waals surface area contributed by atoms with Crippen LogP contribution >= 0.6 is 0 Å². The van der Waals surface area contributed by atoms with Gasteiger partial charge >= 0.3 is 5.63 Å². The summed E-state index contributed by atoms with van der Waals surface area (Å²) < 4.78 is 5.23. The van der Waals surface area contributed by atoms with Gasteiger partial charge < -0.3 is 10.2 Å². The van der Waals surface area contributed by atoms with Gasteiger partial charge in [-0.05, 0) is 19.1 Å². The van der Waals surface area contributed by atoms with Gasteiger partial charge in [-0.3, -0.25) is 4.99 Å². The van der Waals surface area contributed by atoms with Crippen molar-refractivity contribution in [2.24, 2.45) is 10.7 Å². The van der Waals surface area contributed by atoms with E-state index in [1.807, 2.05) is 18.2 Å². The quantitative estimate of drug-likeness (QED) is 0.642. The largest absolute Gasteiger partial charge is 0.422 e. The minimum absolute atomic E-state index is 0.359. The Kier molecular flexibility index (Phi) is 3.35. The molecule has 17 heavy (non-hydrogen) atoms. The van der Waals surface area contributed by atoms with Crippen molar-refractivity contribution >= 4 is 16.7 Å². The van der Waals surface area contributed by atoms with E-state index < -0.39 is 0 Å². The van der Waals surface area contributed by atoms with Crippen LogP contribution in [0, 0.1) is 0 Å². The van der Waals surface area contributed by atoms with Crippen molar-refractivity contribution in [1.82, 2.24) is 0 Å². The summed E-state index contributed by atoms with van der Waals surface area (Å²) in [4.78, 5) is 16.0. The molecule has 0 radical (unpaired) electrons. The van der Waals surface area contributed by atoms with Crippen LogP contribution in [0.25, 0.3) is 11.0 Å². The smallest absolute Gasteiger partial charge is 0.345 e. The Labute approximate surface area is 98.8 Å². The molecule has 1 aromatic heterocycles. The van der Waals surface area contributed by atoms with Crippen molar-refractivity contribution in [2.45, 2.75) is 6.92 Å². The van der Waals surface area contributed by atoms with Crippen LogP contribution in [0.3, 0.4) is 0 Å². The Morgan fingerprint density at radius 3 is 2.94 bits per heavy atom. The Balaban J connectivity index is 2.55. The number of nitrogens with zero attached hydrogens (tertiary/aromatic N) is 1. The molecule has 0 atom stereocenters. The summed E-state index contributed by atoms with van der Waals surface area (Å²) in [5.74, 6) is 0. The molecule has 0 spiro atoms. The predicted octanol–water partition coefficient (Wildman–Crippen LogP) is 1.56. The molecule has 0 amide bonds. The van der Waals surface area contributed by atoms with Gasteiger partial charge in [-0.1, -0.05) is 18.2 Å². The number of nitrogens with two attached hydrogens (primary N) is 1. The summed E-state index contributed by atoms with van der Waals surface area (Å²) in [7, 11) is 0. The third-order valence-corrected chi connectivity index (χ3v) is 2.51. The summed E-state index contributed by atoms with van der Waals surface area (Å²) in [5.41, 5.74) is 6.77. The van der Waals surface area contributed by atoms with Crippen LogP contribution < -0.4 is 11.4 Å². The molecule has 88 valence electrons. The maximum atomic E-state index is 11.8. The fourth-order valence-corrected chi connectivity index (χ4v) is 1.63. The van der Waals surface area contributed by atoms with Crippen LogP contribution in [0.4, 0.5) is 0 Å². The van der Waals surface area contributed by atoms with Gasteiger partial charge in [0.2, 0.25) is 0 Å². The van der Waals surface area contributed by atoms with Crippen LogP contribution in [-0.2, 0) is 0 Å². The molecule has 0 bridgehead atoms. The van der Waals surface area contributed by atoms with E-state index in [-0.39, 0.29) is 5.63 Å². The minimum atomic E-state index is -0.359. The van der Waals surface area contributed by atoms with Crippen LogP contribution in [0.15, 0.2) is 44.5 Å². The zero-order chi connectivity index (χ0) is 12.3. The van der Waals surface area contributed by atoms with E-state index in [1.165, 1.54) is 0 Å². The highest BCUT2D eigenvalue weighted by molar-refractivity contribution is 6.00. The molecule has 0 aliphatic heterocycles. The second kappa shape index (κ2) is 4.93. The Morgan fingerprint density at radius 1 is 1.41 bits per heavy atom. The van der Waals surface area contributed by atoms with Crippen LogP contribution in [0.2, 0.25) is 0 Å². The summed E-state index contributed by atoms with van der Waals surface area (Å²) in [6, 6.07) is 9.21. The molecule has 1 aromatic carbocycles. The molecular formula is C13H14N2O2. The zero-order valence-electron chi connectivity index (χ0n) is 9.64. The molecule has 0 saturated heterocycles. The van der Waals surface area contributed by atoms with Gasteiger partial charge in [0.1, 0.15) is 5.58 Å². The van der Waals surface area contributed by atoms with Gasteiger partial charge in [-0.25, -0.2) is 4.79 Å². The standard InChI is InChI=1S/C13H14N2O2/c1-9(15-7-6-14)11-8-10-4-2-3-5-12(10)17-13(11)16/h2-5,8H,6-7,14H2,1H3. The maximum Gasteiger partial charge on any atom is 0.345 e. The highest BCUT2D eigenvalue weighted by Crippen LogP contribution is 2.12. The molecule has 1 heterocycles. The zero-order valence-corrected chi connectivity index (χ0v) is 9.64. The Bertz CT molecular complexity index is 614. The summed E-state index contributed by atoms with van der Waals surface area (Å²) in [5, 5.41) is 0.893. The van der Waals surface area contributed by atoms with E-state index in [0.717, 1.165) is 5.39 Å². The Morgan fingerprint density at radius 2 is 2.18 bits per heavy atom. The molecule has 2 N–H and O–H groups in total. The molecule has 2 rings (SSSR count). The average molecular weight is 230 g/mol. The van der Waals surface area contributed by atoms with Gasteiger partial charge in [-0.2, -0.15) is 0 Å². The highest BCUT2D eigenvalue weighted by Gasteiger charge is 2.07. The van der Waals surface area contributed by atoms with E-state index >= 15 is 0 Å². The monoisotopic (exact) mass is 230 g/mol. The Hall–Kier alpha value is -1.94. The SMILES string of the molecule is CC(=NCCN)c1cc2ccccc2oc1=O. The average Bonchev–Trinajstić information content (AvgIpc) is 2.35. The van der Waals surface area contributed by atoms with E-state index in [1.54, 1.807) is 19.1 Å². The molecule has 4 heteroatoms. The minimum Gasteiger partial charge on any atom is -0.422 e. The fraction of sp³-hybridized carbons (Fsp3) is 0.231. The molecule has 0 fully saturated rings. The topological polar surface area (TPSA) is 68.6 Å². The number of hydrogen-bond acceptors (Lipinski definition) is 4. The van der Waals surface area contributed by atoms with Gasteiger partial charge in [0.25, 0.3) is 0 Å². The van der Waals surface area contributed by atoms with Crippen molar-refractivity contribution in [3.8, 4) is 0 Å². The van der Waals surface area contributed by atoms with Crippen LogP contribution in [-0.4, -0.2) is 18.8 Å². The first-order chi connectivity index (χ1) is 8.22. The maximum absolute atomic E-state index is 11.8. The normalized spacial score (nSPS) is 12.0. The third-order valence-electron chi connectivity index (χ3n) is 2.51. The first-order valence-electron chi connectivity index (χ1n) is 5.47. The number of aliphatic imine (C=N–C) groups is 1. The van der Waals surface area contributed by atoms with E-state index in [2.05, 4.69) is 4.99 Å². The van der Waals surface area contributed by atoms with Gasteiger partial charge in [0, 0.05) is 17.6 Å². The van der Waals surface area contributed by atoms with Crippen molar-refractivity contribution < 1.29 is 4.42 Å². The van der Waals surface area contributed by atoms with Gasteiger partial charge in [0.15, 0.2) is 0 Å². The number of para-hydroxylation sites is 1. The molecule has 0 unspecified atom stereocenters. The van der Waals surface area contributed by atoms with Crippen molar-refractivity contribution in [3.63, 3.8) is 0 Å². The van der Waals surface area contributed by atoms with Crippen LogP contribution in [0.5, 0.6) is 0 Å². The second-order valence-electron chi connectivity index (χ2n) is 3.74. The second-order valence-corrected chi connectivity index (χ2v) is 3.74. The number of hydrogen-bond donors (Lipinski definition) is 1. The molecular weight excluding hydrogens is 216 g/mol. The molecule has 2 aromatic rings. The number of fused-ring (bicyclic) bond motifs is 1. The summed E-state index contributed by atoms with van der Waals surface area (Å²) in [6.07, 6.45) is 0. The number of benzene rings is 1. The highest BCUT2D eigenvalue weighted by atomic mass is 16.4. The lowest BCUT2D eigenvalue weighted by Gasteiger charge is -2.01.